The maximum Gasteiger partial charge on any atom is 0.416 e. The summed E-state index contributed by atoms with van der Waals surface area (Å²) in [5, 5.41) is 11.8. The van der Waals surface area contributed by atoms with Crippen LogP contribution in [0.4, 0.5) is 30.7 Å². The first-order chi connectivity index (χ1) is 20.5. The van der Waals surface area contributed by atoms with Gasteiger partial charge < -0.3 is 5.11 Å². The Morgan fingerprint density at radius 1 is 0.814 bits per heavy atom. The summed E-state index contributed by atoms with van der Waals surface area (Å²) in [5.74, 6) is -3.01. The van der Waals surface area contributed by atoms with Gasteiger partial charge in [-0.05, 0) is 78.8 Å². The number of pyridine rings is 1. The summed E-state index contributed by atoms with van der Waals surface area (Å²) in [6, 6.07) is 12.7. The molecule has 2 nitrogen and oxygen atoms in total. The zero-order valence-corrected chi connectivity index (χ0v) is 22.9. The van der Waals surface area contributed by atoms with Crippen LogP contribution < -0.4 is 0 Å². The van der Waals surface area contributed by atoms with E-state index in [0.717, 1.165) is 18.9 Å². The van der Waals surface area contributed by atoms with Crippen molar-refractivity contribution in [1.29, 1.82) is 0 Å². The second-order valence-corrected chi connectivity index (χ2v) is 11.4. The molecule has 1 fully saturated rings. The van der Waals surface area contributed by atoms with E-state index in [9.17, 15) is 27.1 Å². The predicted molar refractivity (Wildman–Crippen MR) is 148 cm³/mol. The Hall–Kier alpha value is -3.72. The van der Waals surface area contributed by atoms with Gasteiger partial charge >= 0.3 is 6.18 Å². The van der Waals surface area contributed by atoms with Gasteiger partial charge in [-0.1, -0.05) is 43.2 Å². The van der Waals surface area contributed by atoms with Crippen molar-refractivity contribution in [2.24, 2.45) is 0 Å². The minimum atomic E-state index is -4.81. The van der Waals surface area contributed by atoms with Crippen LogP contribution in [0.1, 0.15) is 95.4 Å². The van der Waals surface area contributed by atoms with E-state index in [4.69, 9.17) is 4.98 Å². The number of aliphatic hydroxyl groups excluding tert-OH is 1. The van der Waals surface area contributed by atoms with E-state index in [1.54, 1.807) is 12.1 Å². The first kappa shape index (κ1) is 29.4. The molecule has 3 unspecified atom stereocenters. The first-order valence-electron chi connectivity index (χ1n) is 14.3. The van der Waals surface area contributed by atoms with Crippen molar-refractivity contribution >= 4 is 0 Å². The van der Waals surface area contributed by atoms with E-state index >= 15 is 8.78 Å². The number of aromatic nitrogens is 1. The third-order valence-corrected chi connectivity index (χ3v) is 8.78. The van der Waals surface area contributed by atoms with Crippen molar-refractivity contribution in [3.63, 3.8) is 0 Å². The summed E-state index contributed by atoms with van der Waals surface area (Å²) in [6.07, 6.45) is -4.23. The second kappa shape index (κ2) is 11.4. The maximum atomic E-state index is 16.9. The van der Waals surface area contributed by atoms with E-state index in [2.05, 4.69) is 0 Å². The highest BCUT2D eigenvalue weighted by atomic mass is 19.4. The smallest absolute Gasteiger partial charge is 0.388 e. The van der Waals surface area contributed by atoms with E-state index in [1.807, 2.05) is 0 Å². The van der Waals surface area contributed by atoms with Crippen LogP contribution in [0.5, 0.6) is 0 Å². The molecule has 1 aromatic heterocycles. The molecule has 9 heteroatoms. The monoisotopic (exact) mass is 599 g/mol. The van der Waals surface area contributed by atoms with Gasteiger partial charge in [0.15, 0.2) is 6.17 Å². The fourth-order valence-electron chi connectivity index (χ4n) is 6.66. The van der Waals surface area contributed by atoms with Crippen LogP contribution in [-0.4, -0.2) is 10.1 Å². The molecule has 3 atom stereocenters. The average molecular weight is 600 g/mol. The van der Waals surface area contributed by atoms with E-state index < -0.39 is 52.9 Å². The predicted octanol–water partition coefficient (Wildman–Crippen LogP) is 9.66. The number of alkyl halides is 4. The van der Waals surface area contributed by atoms with E-state index in [-0.39, 0.29) is 23.1 Å². The number of rotatable bonds is 5. The first-order valence-corrected chi connectivity index (χ1v) is 14.3. The Morgan fingerprint density at radius 3 is 2.05 bits per heavy atom. The van der Waals surface area contributed by atoms with Gasteiger partial charge in [0.2, 0.25) is 0 Å². The molecular formula is C34H28F7NO. The molecule has 0 bridgehead atoms. The summed E-state index contributed by atoms with van der Waals surface area (Å²) in [7, 11) is 0. The van der Waals surface area contributed by atoms with Gasteiger partial charge in [0.05, 0.1) is 17.4 Å². The molecule has 3 aromatic carbocycles. The third kappa shape index (κ3) is 5.55. The van der Waals surface area contributed by atoms with Crippen LogP contribution in [0.3, 0.4) is 0 Å². The maximum absolute atomic E-state index is 16.9. The molecule has 0 radical (unpaired) electrons. The van der Waals surface area contributed by atoms with Gasteiger partial charge in [0.1, 0.15) is 17.5 Å². The lowest BCUT2D eigenvalue weighted by Crippen LogP contribution is -2.24. The van der Waals surface area contributed by atoms with Crippen LogP contribution >= 0.6 is 0 Å². The summed E-state index contributed by atoms with van der Waals surface area (Å²) in [6.45, 7) is 0. The molecule has 6 rings (SSSR count). The van der Waals surface area contributed by atoms with Gasteiger partial charge in [-0.25, -0.2) is 17.6 Å². The number of benzene rings is 3. The number of hydrogen-bond acceptors (Lipinski definition) is 2. The molecule has 4 aromatic rings. The highest BCUT2D eigenvalue weighted by molar-refractivity contribution is 5.75. The summed E-state index contributed by atoms with van der Waals surface area (Å²) in [5.41, 5.74) is 0.631. The molecule has 224 valence electrons. The van der Waals surface area contributed by atoms with Crippen molar-refractivity contribution < 1.29 is 35.8 Å². The molecular weight excluding hydrogens is 571 g/mol. The van der Waals surface area contributed by atoms with Crippen molar-refractivity contribution in [3.8, 4) is 11.1 Å². The van der Waals surface area contributed by atoms with Crippen molar-refractivity contribution in [3.05, 3.63) is 123 Å². The summed E-state index contributed by atoms with van der Waals surface area (Å²) < 4.78 is 99.8. The minimum Gasteiger partial charge on any atom is -0.388 e. The molecule has 0 saturated heterocycles. The lowest BCUT2D eigenvalue weighted by Gasteiger charge is -2.35. The number of aryl methyl sites for hydroxylation is 1. The zero-order valence-electron chi connectivity index (χ0n) is 22.9. The molecule has 0 spiro atoms. The van der Waals surface area contributed by atoms with Gasteiger partial charge in [-0.2, -0.15) is 13.2 Å². The fourth-order valence-corrected chi connectivity index (χ4v) is 6.66. The standard InChI is InChI=1S/C34H28F7NO/c35-22-10-5-18(6-11-22)24-15-16-27-29(33(24)43)28(19-7-12-23(36)13-8-19)30(32(42-27)20-3-1-2-4-20)31(38)25-14-9-21(17-26(25)37)34(39,40)41/h5-14,17,20,24,31,33,43H,1-4,15-16H2. The number of aliphatic hydroxyl groups is 1. The number of fused-ring (bicyclic) bond motifs is 1. The third-order valence-electron chi connectivity index (χ3n) is 8.78. The Kier molecular flexibility index (Phi) is 7.79. The van der Waals surface area contributed by atoms with Crippen molar-refractivity contribution in [2.45, 2.75) is 68.8 Å². The summed E-state index contributed by atoms with van der Waals surface area (Å²) in [4.78, 5) is 4.89. The molecule has 0 amide bonds. The van der Waals surface area contributed by atoms with Gasteiger partial charge in [-0.15, -0.1) is 0 Å². The van der Waals surface area contributed by atoms with Gasteiger partial charge in [0.25, 0.3) is 0 Å². The van der Waals surface area contributed by atoms with E-state index in [0.29, 0.717) is 59.8 Å². The average Bonchev–Trinajstić information content (AvgIpc) is 3.52. The van der Waals surface area contributed by atoms with E-state index in [1.165, 1.54) is 36.4 Å². The molecule has 2 aliphatic rings. The van der Waals surface area contributed by atoms with Crippen LogP contribution in [0.15, 0.2) is 66.7 Å². The Balaban J connectivity index is 1.60. The minimum absolute atomic E-state index is 0.0327. The van der Waals surface area contributed by atoms with Crippen molar-refractivity contribution in [2.75, 3.05) is 0 Å². The van der Waals surface area contributed by atoms with Crippen LogP contribution in [0.2, 0.25) is 0 Å². The van der Waals surface area contributed by atoms with Crippen LogP contribution in [0, 0.1) is 17.5 Å². The van der Waals surface area contributed by atoms with Gasteiger partial charge in [0, 0.05) is 34.2 Å². The topological polar surface area (TPSA) is 33.1 Å². The normalized spacial score (nSPS) is 19.8. The molecule has 1 N–H and O–H groups in total. The van der Waals surface area contributed by atoms with Crippen molar-refractivity contribution in [1.82, 2.24) is 4.98 Å². The van der Waals surface area contributed by atoms with Crippen LogP contribution in [-0.2, 0) is 12.6 Å². The Labute approximate surface area is 244 Å². The highest BCUT2D eigenvalue weighted by Crippen LogP contribution is 2.51. The summed E-state index contributed by atoms with van der Waals surface area (Å²) >= 11 is 0. The largest absolute Gasteiger partial charge is 0.416 e. The molecule has 0 aliphatic heterocycles. The fraction of sp³-hybridized carbons (Fsp3) is 0.324. The number of nitrogens with zero attached hydrogens (tertiary/aromatic N) is 1. The Morgan fingerprint density at radius 2 is 1.44 bits per heavy atom. The molecule has 1 saturated carbocycles. The van der Waals surface area contributed by atoms with Crippen LogP contribution in [0.25, 0.3) is 11.1 Å². The lowest BCUT2D eigenvalue weighted by molar-refractivity contribution is -0.137. The SMILES string of the molecule is OC1c2c(nc(C3CCCC3)c(C(F)c3ccc(C(F)(F)F)cc3F)c2-c2ccc(F)cc2)CCC1c1ccc(F)cc1. The van der Waals surface area contributed by atoms with Gasteiger partial charge in [-0.3, -0.25) is 4.98 Å². The quantitative estimate of drug-likeness (QED) is 0.232. The molecule has 2 aliphatic carbocycles. The Bertz CT molecular complexity index is 1630. The lowest BCUT2D eigenvalue weighted by atomic mass is 9.74. The number of hydrogen-bond donors (Lipinski definition) is 1. The number of halogens is 7. The zero-order chi connectivity index (χ0) is 30.5. The second-order valence-electron chi connectivity index (χ2n) is 11.4. The molecule has 1 heterocycles. The highest BCUT2D eigenvalue weighted by Gasteiger charge is 2.39. The molecule has 43 heavy (non-hydrogen) atoms.